The number of nitrogens with one attached hydrogen (secondary N) is 1. The minimum absolute atomic E-state index is 0.136. The van der Waals surface area contributed by atoms with E-state index in [9.17, 15) is 4.79 Å². The summed E-state index contributed by atoms with van der Waals surface area (Å²) in [5.74, 6) is 0.136. The van der Waals surface area contributed by atoms with Gasteiger partial charge in [0, 0.05) is 26.3 Å². The van der Waals surface area contributed by atoms with E-state index < -0.39 is 0 Å². The van der Waals surface area contributed by atoms with E-state index >= 15 is 0 Å². The normalized spacial score (nSPS) is 24.9. The third-order valence-electron chi connectivity index (χ3n) is 4.51. The Morgan fingerprint density at radius 1 is 1.35 bits per heavy atom. The molecule has 2 aliphatic rings. The van der Waals surface area contributed by atoms with Gasteiger partial charge in [0.2, 0.25) is 5.91 Å². The van der Waals surface area contributed by atoms with Crippen molar-refractivity contribution in [3.05, 3.63) is 0 Å². The largest absolute Gasteiger partial charge is 0.379 e. The summed E-state index contributed by atoms with van der Waals surface area (Å²) in [4.78, 5) is 12.2. The van der Waals surface area contributed by atoms with Gasteiger partial charge in [-0.15, -0.1) is 0 Å². The van der Waals surface area contributed by atoms with Gasteiger partial charge in [-0.25, -0.2) is 0 Å². The highest BCUT2D eigenvalue weighted by Gasteiger charge is 2.39. The molecule has 1 amide bonds. The van der Waals surface area contributed by atoms with Gasteiger partial charge in [-0.2, -0.15) is 0 Å². The Labute approximate surface area is 121 Å². The lowest BCUT2D eigenvalue weighted by Gasteiger charge is -2.25. The molecule has 1 saturated carbocycles. The first-order chi connectivity index (χ1) is 9.77. The van der Waals surface area contributed by atoms with Gasteiger partial charge in [0.05, 0.1) is 18.1 Å². The topological polar surface area (TPSA) is 73.6 Å². The average molecular weight is 284 g/mol. The predicted molar refractivity (Wildman–Crippen MR) is 77.4 cm³/mol. The molecule has 1 heterocycles. The molecule has 0 radical (unpaired) electrons. The number of hydrogen-bond donors (Lipinski definition) is 2. The van der Waals surface area contributed by atoms with Crippen molar-refractivity contribution in [1.82, 2.24) is 5.32 Å². The summed E-state index contributed by atoms with van der Waals surface area (Å²) in [6, 6.07) is 0. The third kappa shape index (κ3) is 4.17. The molecular weight excluding hydrogens is 256 g/mol. The maximum Gasteiger partial charge on any atom is 0.227 e. The number of carbonyl (C=O) groups excluding carboxylic acids is 1. The summed E-state index contributed by atoms with van der Waals surface area (Å²) in [7, 11) is 0. The highest BCUT2D eigenvalue weighted by Crippen LogP contribution is 2.37. The van der Waals surface area contributed by atoms with Crippen molar-refractivity contribution in [3.8, 4) is 0 Å². The van der Waals surface area contributed by atoms with Gasteiger partial charge in [0.1, 0.15) is 0 Å². The van der Waals surface area contributed by atoms with Crippen molar-refractivity contribution in [2.24, 2.45) is 11.1 Å². The number of rotatable bonds is 8. The number of carbonyl (C=O) groups is 1. The van der Waals surface area contributed by atoms with Crippen LogP contribution in [0.1, 0.15) is 44.9 Å². The maximum atomic E-state index is 12.2. The van der Waals surface area contributed by atoms with Crippen molar-refractivity contribution in [2.45, 2.75) is 51.0 Å². The van der Waals surface area contributed by atoms with Crippen LogP contribution in [0.2, 0.25) is 0 Å². The molecule has 20 heavy (non-hydrogen) atoms. The van der Waals surface area contributed by atoms with Crippen LogP contribution in [0.5, 0.6) is 0 Å². The van der Waals surface area contributed by atoms with Gasteiger partial charge in [-0.3, -0.25) is 4.79 Å². The first-order valence-electron chi connectivity index (χ1n) is 7.94. The molecule has 5 nitrogen and oxygen atoms in total. The number of ether oxygens (including phenoxy) is 2. The van der Waals surface area contributed by atoms with Crippen LogP contribution in [-0.4, -0.2) is 44.9 Å². The van der Waals surface area contributed by atoms with Gasteiger partial charge < -0.3 is 20.5 Å². The second-order valence-corrected chi connectivity index (χ2v) is 6.01. The fourth-order valence-electron chi connectivity index (χ4n) is 3.13. The van der Waals surface area contributed by atoms with Gasteiger partial charge in [-0.1, -0.05) is 12.8 Å². The standard InChI is InChI=1S/C15H28N2O3/c16-12-15(6-1-2-7-15)14(18)17-8-4-9-19-11-13-5-3-10-20-13/h13H,1-12,16H2,(H,17,18). The number of hydrogen-bond acceptors (Lipinski definition) is 4. The predicted octanol–water partition coefficient (Wildman–Crippen LogP) is 1.21. The van der Waals surface area contributed by atoms with E-state index in [0.717, 1.165) is 51.6 Å². The Morgan fingerprint density at radius 2 is 2.15 bits per heavy atom. The van der Waals surface area contributed by atoms with Crippen molar-refractivity contribution >= 4 is 5.91 Å². The van der Waals surface area contributed by atoms with E-state index in [-0.39, 0.29) is 17.4 Å². The Kier molecular flexibility index (Phi) is 6.26. The zero-order valence-corrected chi connectivity index (χ0v) is 12.4. The number of nitrogens with two attached hydrogens (primary N) is 1. The molecular formula is C15H28N2O3. The smallest absolute Gasteiger partial charge is 0.227 e. The molecule has 116 valence electrons. The lowest BCUT2D eigenvalue weighted by molar-refractivity contribution is -0.130. The molecule has 2 rings (SSSR count). The van der Waals surface area contributed by atoms with E-state index in [1.54, 1.807) is 0 Å². The third-order valence-corrected chi connectivity index (χ3v) is 4.51. The Balaban J connectivity index is 1.52. The zero-order chi connectivity index (χ0) is 14.3. The van der Waals surface area contributed by atoms with Crippen molar-refractivity contribution in [2.75, 3.05) is 32.9 Å². The van der Waals surface area contributed by atoms with Crippen LogP contribution >= 0.6 is 0 Å². The van der Waals surface area contributed by atoms with E-state index in [1.807, 2.05) is 0 Å². The minimum atomic E-state index is -0.293. The van der Waals surface area contributed by atoms with Gasteiger partial charge >= 0.3 is 0 Å². The monoisotopic (exact) mass is 284 g/mol. The summed E-state index contributed by atoms with van der Waals surface area (Å²) in [5.41, 5.74) is 5.50. The lowest BCUT2D eigenvalue weighted by atomic mass is 9.85. The quantitative estimate of drug-likeness (QED) is 0.657. The molecule has 0 aromatic rings. The van der Waals surface area contributed by atoms with E-state index in [1.165, 1.54) is 0 Å². The molecule has 0 spiro atoms. The second kappa shape index (κ2) is 7.96. The van der Waals surface area contributed by atoms with Crippen molar-refractivity contribution in [3.63, 3.8) is 0 Å². The fraction of sp³-hybridized carbons (Fsp3) is 0.933. The Morgan fingerprint density at radius 3 is 2.80 bits per heavy atom. The van der Waals surface area contributed by atoms with Crippen LogP contribution in [0.15, 0.2) is 0 Å². The van der Waals surface area contributed by atoms with Crippen LogP contribution < -0.4 is 11.1 Å². The van der Waals surface area contributed by atoms with Gasteiger partial charge in [-0.05, 0) is 32.1 Å². The highest BCUT2D eigenvalue weighted by molar-refractivity contribution is 5.83. The molecule has 1 aliphatic carbocycles. The van der Waals surface area contributed by atoms with E-state index in [4.69, 9.17) is 15.2 Å². The SMILES string of the molecule is NCC1(C(=O)NCCCOCC2CCCO2)CCCC1. The summed E-state index contributed by atoms with van der Waals surface area (Å²) in [5, 5.41) is 3.01. The Hall–Kier alpha value is -0.650. The maximum absolute atomic E-state index is 12.2. The number of amides is 1. The van der Waals surface area contributed by atoms with Crippen LogP contribution in [0.25, 0.3) is 0 Å². The fourth-order valence-corrected chi connectivity index (χ4v) is 3.13. The minimum Gasteiger partial charge on any atom is -0.379 e. The van der Waals surface area contributed by atoms with Crippen molar-refractivity contribution < 1.29 is 14.3 Å². The molecule has 0 aromatic heterocycles. The molecule has 1 atom stereocenters. The Bertz CT molecular complexity index is 297. The average Bonchev–Trinajstić information content (AvgIpc) is 3.13. The molecule has 5 heteroatoms. The molecule has 2 fully saturated rings. The first-order valence-corrected chi connectivity index (χ1v) is 7.94. The lowest BCUT2D eigenvalue weighted by Crippen LogP contribution is -2.44. The summed E-state index contributed by atoms with van der Waals surface area (Å²) < 4.78 is 11.1. The van der Waals surface area contributed by atoms with Crippen LogP contribution in [-0.2, 0) is 14.3 Å². The van der Waals surface area contributed by atoms with Crippen molar-refractivity contribution in [1.29, 1.82) is 0 Å². The van der Waals surface area contributed by atoms with E-state index in [2.05, 4.69) is 5.32 Å². The zero-order valence-electron chi connectivity index (χ0n) is 12.4. The molecule has 3 N–H and O–H groups in total. The van der Waals surface area contributed by atoms with Crippen LogP contribution in [0.4, 0.5) is 0 Å². The second-order valence-electron chi connectivity index (χ2n) is 6.01. The van der Waals surface area contributed by atoms with Crippen LogP contribution in [0.3, 0.4) is 0 Å². The molecule has 1 aliphatic heterocycles. The molecule has 0 aromatic carbocycles. The van der Waals surface area contributed by atoms with Gasteiger partial charge in [0.15, 0.2) is 0 Å². The first kappa shape index (κ1) is 15.7. The van der Waals surface area contributed by atoms with Gasteiger partial charge in [0.25, 0.3) is 0 Å². The summed E-state index contributed by atoms with van der Waals surface area (Å²) in [6.45, 7) is 3.36. The molecule has 1 saturated heterocycles. The summed E-state index contributed by atoms with van der Waals surface area (Å²) >= 11 is 0. The van der Waals surface area contributed by atoms with E-state index in [0.29, 0.717) is 26.3 Å². The van der Waals surface area contributed by atoms with Crippen LogP contribution in [0, 0.1) is 5.41 Å². The molecule has 0 bridgehead atoms. The highest BCUT2D eigenvalue weighted by atomic mass is 16.5. The summed E-state index contributed by atoms with van der Waals surface area (Å²) in [6.07, 6.45) is 7.49. The molecule has 1 unspecified atom stereocenters.